The van der Waals surface area contributed by atoms with Crippen molar-refractivity contribution in [2.45, 2.75) is 5.03 Å². The predicted octanol–water partition coefficient (Wildman–Crippen LogP) is 1.66. The Bertz CT molecular complexity index is 127. The molecule has 0 bridgehead atoms. The highest BCUT2D eigenvalue weighted by Crippen LogP contribution is 2.16. The monoisotopic (exact) mass is 134 g/mol. The second-order valence-corrected chi connectivity index (χ2v) is 2.03. The summed E-state index contributed by atoms with van der Waals surface area (Å²) in [4.78, 5) is 0. The van der Waals surface area contributed by atoms with E-state index in [2.05, 4.69) is 10.2 Å². The van der Waals surface area contributed by atoms with Crippen LogP contribution in [0.15, 0.2) is 17.3 Å². The molecule has 7 heavy (non-hydrogen) atoms. The lowest BCUT2D eigenvalue weighted by molar-refractivity contribution is 1.01. The number of H-pyrrole nitrogens is 1. The summed E-state index contributed by atoms with van der Waals surface area (Å²) in [5.41, 5.74) is 0. The first-order valence-corrected chi connectivity index (χ1v) is 3.36. The topological polar surface area (TPSA) is 28.7 Å². The minimum atomic E-state index is 0.807. The average molecular weight is 135 g/mol. The fourth-order valence-corrected chi connectivity index (χ4v) is 0.754. The van der Waals surface area contributed by atoms with Gasteiger partial charge in [0.2, 0.25) is 0 Å². The first-order valence-electron chi connectivity index (χ1n) is 1.72. The molecule has 0 amide bonds. The highest BCUT2D eigenvalue weighted by atomic mass is 35.7. The maximum Gasteiger partial charge on any atom is 0.133 e. The summed E-state index contributed by atoms with van der Waals surface area (Å²) < 4.78 is 0. The van der Waals surface area contributed by atoms with Gasteiger partial charge in [0.15, 0.2) is 0 Å². The number of halogens is 1. The second kappa shape index (κ2) is 2.23. The lowest BCUT2D eigenvalue weighted by Gasteiger charge is -1.73. The Morgan fingerprint density at radius 3 is 3.00 bits per heavy atom. The summed E-state index contributed by atoms with van der Waals surface area (Å²) in [6.07, 6.45) is 1.73. The smallest absolute Gasteiger partial charge is 0.133 e. The van der Waals surface area contributed by atoms with Crippen LogP contribution in [0.25, 0.3) is 0 Å². The first-order chi connectivity index (χ1) is 3.43. The molecule has 0 saturated heterocycles. The Morgan fingerprint density at radius 1 is 1.86 bits per heavy atom. The molecule has 1 aromatic rings. The van der Waals surface area contributed by atoms with Gasteiger partial charge in [0.25, 0.3) is 0 Å². The van der Waals surface area contributed by atoms with E-state index < -0.39 is 0 Å². The molecule has 1 N–H and O–H groups in total. The zero-order chi connectivity index (χ0) is 5.11. The molecule has 0 aliphatic carbocycles. The molecule has 38 valence electrons. The van der Waals surface area contributed by atoms with E-state index in [-0.39, 0.29) is 0 Å². The van der Waals surface area contributed by atoms with Crippen molar-refractivity contribution in [3.63, 3.8) is 0 Å². The molecule has 1 heterocycles. The lowest BCUT2D eigenvalue weighted by atomic mass is 10.8. The van der Waals surface area contributed by atoms with Crippen molar-refractivity contribution in [1.29, 1.82) is 0 Å². The van der Waals surface area contributed by atoms with Crippen LogP contribution in [0.1, 0.15) is 0 Å². The largest absolute Gasteiger partial charge is 0.285 e. The van der Waals surface area contributed by atoms with Gasteiger partial charge in [0, 0.05) is 17.2 Å². The highest BCUT2D eigenvalue weighted by Gasteiger charge is 1.86. The van der Waals surface area contributed by atoms with Crippen LogP contribution >= 0.6 is 21.7 Å². The van der Waals surface area contributed by atoms with E-state index in [4.69, 9.17) is 10.7 Å². The second-order valence-electron chi connectivity index (χ2n) is 0.990. The van der Waals surface area contributed by atoms with Gasteiger partial charge in [0.05, 0.1) is 0 Å². The summed E-state index contributed by atoms with van der Waals surface area (Å²) in [6.45, 7) is 0. The fourth-order valence-electron chi connectivity index (χ4n) is 0.290. The summed E-state index contributed by atoms with van der Waals surface area (Å²) in [7, 11) is 6.41. The van der Waals surface area contributed by atoms with Gasteiger partial charge in [-0.2, -0.15) is 5.10 Å². The minimum Gasteiger partial charge on any atom is -0.285 e. The quantitative estimate of drug-likeness (QED) is 0.633. The molecule has 1 rings (SSSR count). The Kier molecular flexibility index (Phi) is 1.59. The number of nitrogens with one attached hydrogen (secondary N) is 1. The maximum atomic E-state index is 5.30. The zero-order valence-corrected chi connectivity index (χ0v) is 4.96. The van der Waals surface area contributed by atoms with Gasteiger partial charge in [-0.05, 0) is 16.7 Å². The van der Waals surface area contributed by atoms with Gasteiger partial charge in [-0.25, -0.2) is 0 Å². The molecule has 0 aliphatic heterocycles. The molecular weight excluding hydrogens is 132 g/mol. The minimum absolute atomic E-state index is 0.807. The molecule has 0 fully saturated rings. The van der Waals surface area contributed by atoms with Gasteiger partial charge in [-0.1, -0.05) is 0 Å². The summed E-state index contributed by atoms with van der Waals surface area (Å²) >= 11 is 0. The number of nitrogens with zero attached hydrogens (tertiary/aromatic N) is 1. The molecule has 0 aliphatic rings. The van der Waals surface area contributed by atoms with Crippen molar-refractivity contribution in [2.75, 3.05) is 0 Å². The predicted molar refractivity (Wildman–Crippen MR) is 30.3 cm³/mol. The Balaban J connectivity index is 2.76. The SMILES string of the molecule is ClSc1cc[nH]n1. The molecule has 0 aromatic carbocycles. The Hall–Kier alpha value is -0.150. The number of aromatic nitrogens is 2. The van der Waals surface area contributed by atoms with Crippen LogP contribution in [0, 0.1) is 0 Å². The molecule has 0 spiro atoms. The highest BCUT2D eigenvalue weighted by molar-refractivity contribution is 8.21. The van der Waals surface area contributed by atoms with E-state index in [0.717, 1.165) is 16.0 Å². The van der Waals surface area contributed by atoms with Crippen molar-refractivity contribution < 1.29 is 0 Å². The molecule has 2 nitrogen and oxygen atoms in total. The third-order valence-corrected chi connectivity index (χ3v) is 1.41. The van der Waals surface area contributed by atoms with Gasteiger partial charge in [-0.3, -0.25) is 5.10 Å². The van der Waals surface area contributed by atoms with Gasteiger partial charge in [-0.15, -0.1) is 0 Å². The summed E-state index contributed by atoms with van der Waals surface area (Å²) in [5.74, 6) is 0. The molecule has 1 aromatic heterocycles. The van der Waals surface area contributed by atoms with E-state index in [1.54, 1.807) is 12.3 Å². The van der Waals surface area contributed by atoms with Crippen molar-refractivity contribution in [2.24, 2.45) is 0 Å². The van der Waals surface area contributed by atoms with Crippen LogP contribution in [-0.2, 0) is 0 Å². The van der Waals surface area contributed by atoms with Crippen LogP contribution in [0.5, 0.6) is 0 Å². The van der Waals surface area contributed by atoms with Crippen molar-refractivity contribution >= 4 is 21.7 Å². The van der Waals surface area contributed by atoms with E-state index in [1.165, 1.54) is 0 Å². The average Bonchev–Trinajstić information content (AvgIpc) is 2.14. The number of rotatable bonds is 1. The van der Waals surface area contributed by atoms with Crippen LogP contribution < -0.4 is 0 Å². The maximum absolute atomic E-state index is 5.30. The molecule has 0 unspecified atom stereocenters. The zero-order valence-electron chi connectivity index (χ0n) is 3.39. The molecular formula is C3H3ClN2S. The Labute approximate surface area is 49.8 Å². The van der Waals surface area contributed by atoms with E-state index in [1.807, 2.05) is 0 Å². The third kappa shape index (κ3) is 1.11. The van der Waals surface area contributed by atoms with Crippen molar-refractivity contribution in [1.82, 2.24) is 10.2 Å². The number of hydrogen-bond acceptors (Lipinski definition) is 2. The van der Waals surface area contributed by atoms with Gasteiger partial charge >= 0.3 is 0 Å². The lowest BCUT2D eigenvalue weighted by Crippen LogP contribution is -1.62. The molecule has 0 radical (unpaired) electrons. The fraction of sp³-hybridized carbons (Fsp3) is 0. The third-order valence-electron chi connectivity index (χ3n) is 0.554. The molecule has 4 heteroatoms. The molecule has 0 saturated carbocycles. The summed E-state index contributed by atoms with van der Waals surface area (Å²) in [5, 5.41) is 7.17. The first kappa shape index (κ1) is 5.00. The van der Waals surface area contributed by atoms with Gasteiger partial charge < -0.3 is 0 Å². The van der Waals surface area contributed by atoms with Crippen LogP contribution in [-0.4, -0.2) is 10.2 Å². The Morgan fingerprint density at radius 2 is 2.71 bits per heavy atom. The van der Waals surface area contributed by atoms with E-state index in [9.17, 15) is 0 Å². The van der Waals surface area contributed by atoms with Gasteiger partial charge in [0.1, 0.15) is 5.03 Å². The number of aromatic amines is 1. The molecule has 0 atom stereocenters. The van der Waals surface area contributed by atoms with Crippen LogP contribution in [0.3, 0.4) is 0 Å². The van der Waals surface area contributed by atoms with Crippen LogP contribution in [0.2, 0.25) is 0 Å². The number of hydrogen-bond donors (Lipinski definition) is 1. The summed E-state index contributed by atoms with van der Waals surface area (Å²) in [6, 6.07) is 1.80. The van der Waals surface area contributed by atoms with Crippen molar-refractivity contribution in [3.05, 3.63) is 12.3 Å². The normalized spacial score (nSPS) is 9.29. The van der Waals surface area contributed by atoms with E-state index in [0.29, 0.717) is 0 Å². The van der Waals surface area contributed by atoms with Crippen LogP contribution in [0.4, 0.5) is 0 Å². The standard InChI is InChI=1S/C3H3ClN2S/c4-7-3-1-2-5-6-3/h1-2H,(H,5,6). The van der Waals surface area contributed by atoms with Crippen molar-refractivity contribution in [3.8, 4) is 0 Å². The van der Waals surface area contributed by atoms with E-state index >= 15 is 0 Å².